The number of hydrogen-bond donors (Lipinski definition) is 2. The minimum absolute atomic E-state index is 0.0194. The van der Waals surface area contributed by atoms with Crippen LogP contribution in [0.3, 0.4) is 0 Å². The number of rotatable bonds is 4. The van der Waals surface area contributed by atoms with Gasteiger partial charge < -0.3 is 8.98 Å². The van der Waals surface area contributed by atoms with Gasteiger partial charge in [-0.05, 0) is 32.0 Å². The molecular formula is C17H15N5O5. The number of nitrogens with zero attached hydrogens (tertiary/aromatic N) is 3. The fraction of sp³-hybridized carbons (Fsp3) is 0.118. The SMILES string of the molecule is Cc1cc(C(=O)NNC(=O)c2ccc(-n3ccnc3)c([N+](=O)[O-])c2)c(C)o1. The van der Waals surface area contributed by atoms with Crippen LogP contribution in [0.1, 0.15) is 32.2 Å². The third-order valence-electron chi connectivity index (χ3n) is 3.79. The lowest BCUT2D eigenvalue weighted by Gasteiger charge is -2.08. The van der Waals surface area contributed by atoms with E-state index in [0.29, 0.717) is 11.5 Å². The molecule has 1 aromatic carbocycles. The van der Waals surface area contributed by atoms with Crippen molar-refractivity contribution < 1.29 is 18.9 Å². The van der Waals surface area contributed by atoms with Crippen molar-refractivity contribution in [2.75, 3.05) is 0 Å². The first kappa shape index (κ1) is 17.9. The molecule has 3 aromatic rings. The van der Waals surface area contributed by atoms with E-state index in [1.54, 1.807) is 26.1 Å². The molecule has 0 radical (unpaired) electrons. The molecular weight excluding hydrogens is 354 g/mol. The first-order chi connectivity index (χ1) is 12.9. The first-order valence-electron chi connectivity index (χ1n) is 7.81. The van der Waals surface area contributed by atoms with E-state index in [2.05, 4.69) is 15.8 Å². The van der Waals surface area contributed by atoms with Gasteiger partial charge in [0.1, 0.15) is 17.2 Å². The maximum atomic E-state index is 12.3. The Balaban J connectivity index is 1.77. The van der Waals surface area contributed by atoms with Crippen molar-refractivity contribution in [2.45, 2.75) is 13.8 Å². The zero-order chi connectivity index (χ0) is 19.6. The van der Waals surface area contributed by atoms with Crippen molar-refractivity contribution in [3.05, 3.63) is 75.7 Å². The van der Waals surface area contributed by atoms with Crippen LogP contribution in [-0.4, -0.2) is 26.3 Å². The van der Waals surface area contributed by atoms with Crippen LogP contribution in [0.2, 0.25) is 0 Å². The van der Waals surface area contributed by atoms with Gasteiger partial charge in [-0.25, -0.2) is 4.98 Å². The summed E-state index contributed by atoms with van der Waals surface area (Å²) in [5.41, 5.74) is 4.79. The van der Waals surface area contributed by atoms with E-state index in [0.717, 1.165) is 6.07 Å². The lowest BCUT2D eigenvalue weighted by atomic mass is 10.1. The number of benzene rings is 1. The predicted molar refractivity (Wildman–Crippen MR) is 93.3 cm³/mol. The number of furan rings is 1. The number of aryl methyl sites for hydroxylation is 2. The molecule has 2 N–H and O–H groups in total. The van der Waals surface area contributed by atoms with Crippen molar-refractivity contribution in [2.24, 2.45) is 0 Å². The highest BCUT2D eigenvalue weighted by Crippen LogP contribution is 2.24. The Kier molecular flexibility index (Phi) is 4.71. The molecule has 0 bridgehead atoms. The number of carbonyl (C=O) groups is 2. The fourth-order valence-corrected chi connectivity index (χ4v) is 2.54. The largest absolute Gasteiger partial charge is 0.466 e. The molecule has 10 nitrogen and oxygen atoms in total. The molecule has 0 saturated heterocycles. The molecule has 0 unspecified atom stereocenters. The van der Waals surface area contributed by atoms with E-state index in [4.69, 9.17) is 4.42 Å². The Hall–Kier alpha value is -3.95. The highest BCUT2D eigenvalue weighted by molar-refractivity contribution is 6.00. The van der Waals surface area contributed by atoms with Gasteiger partial charge in [0.25, 0.3) is 17.5 Å². The molecule has 3 rings (SSSR count). The van der Waals surface area contributed by atoms with Crippen molar-refractivity contribution in [3.8, 4) is 5.69 Å². The Morgan fingerprint density at radius 3 is 2.52 bits per heavy atom. The van der Waals surface area contributed by atoms with E-state index in [-0.39, 0.29) is 22.5 Å². The fourth-order valence-electron chi connectivity index (χ4n) is 2.54. The summed E-state index contributed by atoms with van der Waals surface area (Å²) in [4.78, 5) is 38.9. The van der Waals surface area contributed by atoms with Crippen molar-refractivity contribution in [1.82, 2.24) is 20.4 Å². The standard InChI is InChI=1S/C17H15N5O5/c1-10-7-13(11(2)27-10)17(24)20-19-16(23)12-3-4-14(15(8-12)22(25)26)21-6-5-18-9-21/h3-9H,1-2H3,(H,19,23)(H,20,24). The number of carbonyl (C=O) groups excluding carboxylic acids is 2. The average molecular weight is 369 g/mol. The molecule has 0 aliphatic carbocycles. The second-order valence-electron chi connectivity index (χ2n) is 5.67. The van der Waals surface area contributed by atoms with E-state index in [9.17, 15) is 19.7 Å². The lowest BCUT2D eigenvalue weighted by Crippen LogP contribution is -2.41. The molecule has 2 amide bonds. The summed E-state index contributed by atoms with van der Waals surface area (Å²) in [6.45, 7) is 3.32. The summed E-state index contributed by atoms with van der Waals surface area (Å²) in [5, 5.41) is 11.3. The molecule has 27 heavy (non-hydrogen) atoms. The number of amides is 2. The quantitative estimate of drug-likeness (QED) is 0.534. The molecule has 10 heteroatoms. The monoisotopic (exact) mass is 369 g/mol. The van der Waals surface area contributed by atoms with Crippen LogP contribution >= 0.6 is 0 Å². The first-order valence-corrected chi connectivity index (χ1v) is 7.81. The molecule has 0 atom stereocenters. The van der Waals surface area contributed by atoms with Crippen LogP contribution in [0.4, 0.5) is 5.69 Å². The smallest absolute Gasteiger partial charge is 0.294 e. The zero-order valence-corrected chi connectivity index (χ0v) is 14.4. The Bertz CT molecular complexity index is 1020. The Morgan fingerprint density at radius 2 is 1.93 bits per heavy atom. The van der Waals surface area contributed by atoms with Crippen LogP contribution in [0.5, 0.6) is 0 Å². The Morgan fingerprint density at radius 1 is 1.19 bits per heavy atom. The summed E-state index contributed by atoms with van der Waals surface area (Å²) in [6.07, 6.45) is 4.45. The maximum Gasteiger partial charge on any atom is 0.294 e. The topological polar surface area (TPSA) is 132 Å². The van der Waals surface area contributed by atoms with Crippen LogP contribution in [0.25, 0.3) is 5.69 Å². The summed E-state index contributed by atoms with van der Waals surface area (Å²) in [6, 6.07) is 5.52. The minimum atomic E-state index is -0.693. The molecule has 2 aromatic heterocycles. The van der Waals surface area contributed by atoms with Crippen LogP contribution in [-0.2, 0) is 0 Å². The van der Waals surface area contributed by atoms with E-state index >= 15 is 0 Å². The number of hydrogen-bond acceptors (Lipinski definition) is 6. The van der Waals surface area contributed by atoms with Crippen molar-refractivity contribution >= 4 is 17.5 Å². The number of aromatic nitrogens is 2. The summed E-state index contributed by atoms with van der Waals surface area (Å²) in [7, 11) is 0. The number of nitrogens with one attached hydrogen (secondary N) is 2. The van der Waals surface area contributed by atoms with Crippen LogP contribution in [0, 0.1) is 24.0 Å². The van der Waals surface area contributed by atoms with Gasteiger partial charge in [0.15, 0.2) is 0 Å². The van der Waals surface area contributed by atoms with Gasteiger partial charge in [0, 0.05) is 24.0 Å². The van der Waals surface area contributed by atoms with Gasteiger partial charge in [0.2, 0.25) is 0 Å². The van der Waals surface area contributed by atoms with Gasteiger partial charge in [-0.2, -0.15) is 0 Å². The third kappa shape index (κ3) is 3.68. The normalized spacial score (nSPS) is 10.4. The highest BCUT2D eigenvalue weighted by atomic mass is 16.6. The molecule has 0 saturated carbocycles. The molecule has 0 aliphatic heterocycles. The van der Waals surface area contributed by atoms with Crippen LogP contribution < -0.4 is 10.9 Å². The molecule has 138 valence electrons. The van der Waals surface area contributed by atoms with Crippen molar-refractivity contribution in [1.29, 1.82) is 0 Å². The summed E-state index contributed by atoms with van der Waals surface area (Å²) >= 11 is 0. The van der Waals surface area contributed by atoms with Crippen LogP contribution in [0.15, 0.2) is 47.4 Å². The van der Waals surface area contributed by atoms with E-state index in [1.165, 1.54) is 29.2 Å². The number of nitro groups is 1. The predicted octanol–water partition coefficient (Wildman–Crippen LogP) is 2.07. The molecule has 2 heterocycles. The minimum Gasteiger partial charge on any atom is -0.466 e. The van der Waals surface area contributed by atoms with Gasteiger partial charge in [-0.15, -0.1) is 0 Å². The van der Waals surface area contributed by atoms with E-state index in [1.807, 2.05) is 0 Å². The van der Waals surface area contributed by atoms with Gasteiger partial charge in [-0.1, -0.05) is 0 Å². The second-order valence-corrected chi connectivity index (χ2v) is 5.67. The molecule has 0 spiro atoms. The Labute approximate surface area is 152 Å². The van der Waals surface area contributed by atoms with Crippen molar-refractivity contribution in [3.63, 3.8) is 0 Å². The number of nitro benzene ring substituents is 1. The number of hydrazine groups is 1. The summed E-state index contributed by atoms with van der Waals surface area (Å²) in [5.74, 6) is -0.266. The van der Waals surface area contributed by atoms with Gasteiger partial charge >= 0.3 is 0 Å². The van der Waals surface area contributed by atoms with E-state index < -0.39 is 16.7 Å². The van der Waals surface area contributed by atoms with Gasteiger partial charge in [0.05, 0.1) is 16.8 Å². The highest BCUT2D eigenvalue weighted by Gasteiger charge is 2.20. The average Bonchev–Trinajstić information content (AvgIpc) is 3.28. The second kappa shape index (κ2) is 7.12. The third-order valence-corrected chi connectivity index (χ3v) is 3.79. The lowest BCUT2D eigenvalue weighted by molar-refractivity contribution is -0.384. The molecule has 0 aliphatic rings. The summed E-state index contributed by atoms with van der Waals surface area (Å²) < 4.78 is 6.73. The maximum absolute atomic E-state index is 12.3. The molecule has 0 fully saturated rings. The number of imidazole rings is 1. The van der Waals surface area contributed by atoms with Gasteiger partial charge in [-0.3, -0.25) is 30.6 Å². The zero-order valence-electron chi connectivity index (χ0n) is 14.4.